The van der Waals surface area contributed by atoms with E-state index in [1.165, 1.54) is 7.11 Å². The highest BCUT2D eigenvalue weighted by Crippen LogP contribution is 2.36. The standard InChI is InChI=1S/C21H24N2O7/c1-26-21-17-7-4-8-18(21)30-14-20(25)23-10-12-28-16-6-3-2-5-15(16)27-11-9-22-19(24)13-29-17/h2-8H,9-14H2,1H3,(H,22,24)(H,23,25). The third-order valence-corrected chi connectivity index (χ3v) is 4.08. The van der Waals surface area contributed by atoms with Gasteiger partial charge in [-0.1, -0.05) is 18.2 Å². The fraction of sp³-hybridized carbons (Fsp3) is 0.333. The lowest BCUT2D eigenvalue weighted by Crippen LogP contribution is -2.32. The number of carbonyl (C=O) groups excluding carboxylic acids is 2. The molecule has 0 fully saturated rings. The molecule has 1 aliphatic heterocycles. The van der Waals surface area contributed by atoms with Gasteiger partial charge < -0.3 is 34.3 Å². The van der Waals surface area contributed by atoms with Gasteiger partial charge in [0.15, 0.2) is 36.2 Å². The van der Waals surface area contributed by atoms with Crippen LogP contribution < -0.4 is 34.3 Å². The van der Waals surface area contributed by atoms with Gasteiger partial charge in [-0.2, -0.15) is 0 Å². The van der Waals surface area contributed by atoms with Gasteiger partial charge in [-0.25, -0.2) is 0 Å². The van der Waals surface area contributed by atoms with Crippen LogP contribution >= 0.6 is 0 Å². The Morgan fingerprint density at radius 2 is 1.17 bits per heavy atom. The average Bonchev–Trinajstić information content (AvgIpc) is 2.76. The van der Waals surface area contributed by atoms with Crippen molar-refractivity contribution in [2.24, 2.45) is 0 Å². The van der Waals surface area contributed by atoms with E-state index in [9.17, 15) is 9.59 Å². The maximum atomic E-state index is 12.1. The number of methoxy groups -OCH3 is 1. The van der Waals surface area contributed by atoms with Crippen LogP contribution in [0.25, 0.3) is 0 Å². The summed E-state index contributed by atoms with van der Waals surface area (Å²) in [5.74, 6) is 1.46. The predicted octanol–water partition coefficient (Wildman–Crippen LogP) is 1.16. The summed E-state index contributed by atoms with van der Waals surface area (Å²) in [5.41, 5.74) is 0. The van der Waals surface area contributed by atoms with Crippen molar-refractivity contribution in [3.05, 3.63) is 42.5 Å². The number of benzene rings is 2. The van der Waals surface area contributed by atoms with Crippen molar-refractivity contribution in [2.75, 3.05) is 46.6 Å². The molecule has 0 saturated heterocycles. The summed E-state index contributed by atoms with van der Waals surface area (Å²) in [5, 5.41) is 5.44. The highest BCUT2D eigenvalue weighted by atomic mass is 16.5. The zero-order valence-electron chi connectivity index (χ0n) is 16.6. The van der Waals surface area contributed by atoms with Gasteiger partial charge in [0.2, 0.25) is 5.75 Å². The van der Waals surface area contributed by atoms with E-state index in [4.69, 9.17) is 23.7 Å². The monoisotopic (exact) mass is 416 g/mol. The smallest absolute Gasteiger partial charge is 0.258 e. The summed E-state index contributed by atoms with van der Waals surface area (Å²) < 4.78 is 27.8. The fourth-order valence-electron chi connectivity index (χ4n) is 2.70. The molecule has 0 unspecified atom stereocenters. The van der Waals surface area contributed by atoms with E-state index in [1.54, 1.807) is 30.3 Å². The molecule has 2 aromatic carbocycles. The zero-order valence-corrected chi connectivity index (χ0v) is 16.6. The number of rotatable bonds is 1. The molecule has 9 heteroatoms. The number of hydrogen-bond acceptors (Lipinski definition) is 7. The van der Waals surface area contributed by atoms with E-state index in [0.29, 0.717) is 41.8 Å². The lowest BCUT2D eigenvalue weighted by atomic mass is 10.3. The van der Waals surface area contributed by atoms with Gasteiger partial charge in [0.1, 0.15) is 13.2 Å². The van der Waals surface area contributed by atoms with Gasteiger partial charge >= 0.3 is 0 Å². The number of ether oxygens (including phenoxy) is 5. The molecule has 1 heterocycles. The predicted molar refractivity (Wildman–Crippen MR) is 107 cm³/mol. The number of carbonyl (C=O) groups is 2. The first-order valence-electron chi connectivity index (χ1n) is 9.48. The van der Waals surface area contributed by atoms with Gasteiger partial charge in [-0.05, 0) is 24.3 Å². The molecule has 30 heavy (non-hydrogen) atoms. The molecular weight excluding hydrogens is 392 g/mol. The first-order valence-corrected chi connectivity index (χ1v) is 9.48. The Morgan fingerprint density at radius 3 is 1.63 bits per heavy atom. The van der Waals surface area contributed by atoms with E-state index in [1.807, 2.05) is 12.1 Å². The summed E-state index contributed by atoms with van der Waals surface area (Å²) >= 11 is 0. The molecule has 2 N–H and O–H groups in total. The maximum Gasteiger partial charge on any atom is 0.258 e. The van der Waals surface area contributed by atoms with Crippen molar-refractivity contribution >= 4 is 11.8 Å². The molecule has 0 spiro atoms. The van der Waals surface area contributed by atoms with Crippen LogP contribution in [0.2, 0.25) is 0 Å². The van der Waals surface area contributed by atoms with Crippen LogP contribution in [0, 0.1) is 0 Å². The Bertz CT molecular complexity index is 807. The first kappa shape index (κ1) is 21.1. The normalized spacial score (nSPS) is 15.8. The van der Waals surface area contributed by atoms with Gasteiger partial charge in [-0.3, -0.25) is 9.59 Å². The second-order valence-corrected chi connectivity index (χ2v) is 6.21. The van der Waals surface area contributed by atoms with E-state index < -0.39 is 0 Å². The van der Waals surface area contributed by atoms with E-state index >= 15 is 0 Å². The number of nitrogens with one attached hydrogen (secondary N) is 2. The Hall–Kier alpha value is -3.62. The molecule has 0 radical (unpaired) electrons. The number of amides is 2. The summed E-state index contributed by atoms with van der Waals surface area (Å²) in [6, 6.07) is 12.2. The molecule has 2 bridgehead atoms. The van der Waals surface area contributed by atoms with Gasteiger partial charge in [-0.15, -0.1) is 0 Å². The quantitative estimate of drug-likeness (QED) is 0.719. The Labute approximate surface area is 174 Å². The lowest BCUT2D eigenvalue weighted by Gasteiger charge is -2.15. The fourth-order valence-corrected chi connectivity index (χ4v) is 2.70. The molecule has 2 amide bonds. The lowest BCUT2D eigenvalue weighted by molar-refractivity contribution is -0.123. The molecule has 2 aromatic rings. The number of para-hydroxylation sites is 3. The summed E-state index contributed by atoms with van der Waals surface area (Å²) in [4.78, 5) is 24.1. The summed E-state index contributed by atoms with van der Waals surface area (Å²) in [6.45, 7) is 0.699. The highest BCUT2D eigenvalue weighted by Gasteiger charge is 2.15. The zero-order chi connectivity index (χ0) is 21.2. The Kier molecular flexibility index (Phi) is 7.59. The molecule has 9 nitrogen and oxygen atoms in total. The molecular formula is C21H24N2O7. The topological polar surface area (TPSA) is 104 Å². The second-order valence-electron chi connectivity index (χ2n) is 6.21. The summed E-state index contributed by atoms with van der Waals surface area (Å²) in [7, 11) is 1.46. The van der Waals surface area contributed by atoms with Crippen LogP contribution in [-0.2, 0) is 9.59 Å². The van der Waals surface area contributed by atoms with Crippen molar-refractivity contribution in [1.29, 1.82) is 0 Å². The third kappa shape index (κ3) is 5.94. The van der Waals surface area contributed by atoms with Crippen molar-refractivity contribution < 1.29 is 33.3 Å². The van der Waals surface area contributed by atoms with Gasteiger partial charge in [0.05, 0.1) is 20.2 Å². The molecule has 0 saturated carbocycles. The molecule has 0 atom stereocenters. The van der Waals surface area contributed by atoms with Gasteiger partial charge in [0, 0.05) is 0 Å². The van der Waals surface area contributed by atoms with E-state index in [0.717, 1.165) is 0 Å². The minimum atomic E-state index is -0.311. The van der Waals surface area contributed by atoms with Gasteiger partial charge in [0.25, 0.3) is 11.8 Å². The van der Waals surface area contributed by atoms with Crippen LogP contribution in [0.5, 0.6) is 28.7 Å². The SMILES string of the molecule is COc1c2cccc1OCC(=O)NCCOc1ccccc1OCCNC(=O)CO2. The van der Waals surface area contributed by atoms with E-state index in [-0.39, 0.29) is 38.2 Å². The second kappa shape index (κ2) is 10.8. The number of fused-ring (bicyclic) bond motifs is 3. The molecule has 0 aliphatic carbocycles. The first-order chi connectivity index (χ1) is 14.7. The maximum absolute atomic E-state index is 12.1. The Morgan fingerprint density at radius 1 is 0.700 bits per heavy atom. The van der Waals surface area contributed by atoms with Crippen molar-refractivity contribution in [3.8, 4) is 28.7 Å². The minimum absolute atomic E-state index is 0.208. The molecule has 1 aliphatic rings. The third-order valence-electron chi connectivity index (χ3n) is 4.08. The highest BCUT2D eigenvalue weighted by molar-refractivity contribution is 5.78. The van der Waals surface area contributed by atoms with Crippen LogP contribution in [0.4, 0.5) is 0 Å². The largest absolute Gasteiger partial charge is 0.490 e. The minimum Gasteiger partial charge on any atom is -0.490 e. The number of hydrogen-bond donors (Lipinski definition) is 2. The van der Waals surface area contributed by atoms with Crippen molar-refractivity contribution in [2.45, 2.75) is 0 Å². The average molecular weight is 416 g/mol. The van der Waals surface area contributed by atoms with Crippen molar-refractivity contribution in [3.63, 3.8) is 0 Å². The molecule has 3 rings (SSSR count). The van der Waals surface area contributed by atoms with Crippen LogP contribution in [0.15, 0.2) is 42.5 Å². The van der Waals surface area contributed by atoms with Crippen LogP contribution in [0.3, 0.4) is 0 Å². The van der Waals surface area contributed by atoms with E-state index in [2.05, 4.69) is 10.6 Å². The van der Waals surface area contributed by atoms with Crippen LogP contribution in [-0.4, -0.2) is 58.4 Å². The Balaban J connectivity index is 1.71. The van der Waals surface area contributed by atoms with Crippen molar-refractivity contribution in [1.82, 2.24) is 10.6 Å². The summed E-state index contributed by atoms with van der Waals surface area (Å²) in [6.07, 6.45) is 0. The molecule has 0 aromatic heterocycles. The molecule has 160 valence electrons. The van der Waals surface area contributed by atoms with Crippen LogP contribution in [0.1, 0.15) is 0 Å².